The van der Waals surface area contributed by atoms with E-state index in [1.165, 1.54) is 12.5 Å². The van der Waals surface area contributed by atoms with Gasteiger partial charge in [0, 0.05) is 6.92 Å². The van der Waals surface area contributed by atoms with Gasteiger partial charge in [0.1, 0.15) is 0 Å². The number of rotatable bonds is 1. The minimum Gasteiger partial charge on any atom is -0.335 e. The van der Waals surface area contributed by atoms with Crippen molar-refractivity contribution in [2.24, 2.45) is 0 Å². The van der Waals surface area contributed by atoms with Gasteiger partial charge < -0.3 is 4.98 Å². The van der Waals surface area contributed by atoms with Crippen molar-refractivity contribution < 1.29 is 4.79 Å². The number of aromatic amines is 1. The Morgan fingerprint density at radius 1 is 1.36 bits per heavy atom. The molecule has 0 aliphatic rings. The number of hydrogen-bond donors (Lipinski definition) is 1. The van der Waals surface area contributed by atoms with Crippen molar-refractivity contribution in [3.8, 4) is 0 Å². The van der Waals surface area contributed by atoms with Gasteiger partial charge in [0.25, 0.3) is 0 Å². The molecule has 0 aliphatic carbocycles. The number of aromatic nitrogens is 2. The number of carbonyl (C=O) groups excluding carboxylic acids is 1. The van der Waals surface area contributed by atoms with Crippen molar-refractivity contribution in [1.82, 2.24) is 9.97 Å². The van der Waals surface area contributed by atoms with Gasteiger partial charge in [-0.05, 0) is 31.0 Å². The Labute approximate surface area is 82.2 Å². The maximum absolute atomic E-state index is 11.1. The highest BCUT2D eigenvalue weighted by molar-refractivity contribution is 5.94. The highest BCUT2D eigenvalue weighted by Crippen LogP contribution is 2.19. The third-order valence-electron chi connectivity index (χ3n) is 2.51. The predicted octanol–water partition coefficient (Wildman–Crippen LogP) is 2.38. The van der Waals surface area contributed by atoms with E-state index in [9.17, 15) is 4.79 Å². The molecule has 0 radical (unpaired) electrons. The Morgan fingerprint density at radius 2 is 2.07 bits per heavy atom. The summed E-state index contributed by atoms with van der Waals surface area (Å²) in [5, 5.41) is 0. The average Bonchev–Trinajstić information content (AvgIpc) is 2.56. The molecular formula is C11H12N2O. The van der Waals surface area contributed by atoms with Gasteiger partial charge >= 0.3 is 0 Å². The van der Waals surface area contributed by atoms with Crippen LogP contribution in [0.4, 0.5) is 0 Å². The fraction of sp³-hybridized carbons (Fsp3) is 0.273. The number of aryl methyl sites for hydroxylation is 2. The zero-order valence-electron chi connectivity index (χ0n) is 8.51. The molecule has 1 aromatic carbocycles. The lowest BCUT2D eigenvalue weighted by atomic mass is 10.1. The normalized spacial score (nSPS) is 10.8. The molecule has 3 nitrogen and oxygen atoms in total. The Balaban J connectivity index is 2.77. The molecule has 0 saturated heterocycles. The molecule has 0 saturated carbocycles. The van der Waals surface area contributed by atoms with Crippen molar-refractivity contribution in [2.45, 2.75) is 20.8 Å². The lowest BCUT2D eigenvalue weighted by molar-refractivity contribution is 0.100. The van der Waals surface area contributed by atoms with Crippen molar-refractivity contribution in [3.05, 3.63) is 29.1 Å². The maximum atomic E-state index is 11.1. The second kappa shape index (κ2) is 2.94. The first kappa shape index (κ1) is 8.94. The number of nitrogens with zero attached hydrogens (tertiary/aromatic N) is 1. The second-order valence-corrected chi connectivity index (χ2v) is 3.55. The standard InChI is InChI=1S/C11H12N2O/c1-6-4-5-9-10(7(6)2)13-11(12-9)8(3)14/h4-5H,1-3H3,(H,12,13). The predicted molar refractivity (Wildman–Crippen MR) is 55.6 cm³/mol. The van der Waals surface area contributed by atoms with E-state index in [0.717, 1.165) is 16.6 Å². The average molecular weight is 188 g/mol. The van der Waals surface area contributed by atoms with E-state index in [4.69, 9.17) is 0 Å². The molecule has 0 bridgehead atoms. The quantitative estimate of drug-likeness (QED) is 0.698. The molecule has 72 valence electrons. The van der Waals surface area contributed by atoms with E-state index in [1.807, 2.05) is 26.0 Å². The number of nitrogens with one attached hydrogen (secondary N) is 1. The van der Waals surface area contributed by atoms with E-state index < -0.39 is 0 Å². The molecule has 0 fully saturated rings. The minimum absolute atomic E-state index is 0.0294. The summed E-state index contributed by atoms with van der Waals surface area (Å²) in [7, 11) is 0. The molecule has 2 rings (SSSR count). The summed E-state index contributed by atoms with van der Waals surface area (Å²) in [6.45, 7) is 5.57. The van der Waals surface area contributed by atoms with E-state index in [0.29, 0.717) is 5.82 Å². The van der Waals surface area contributed by atoms with Crippen LogP contribution in [-0.4, -0.2) is 15.8 Å². The van der Waals surface area contributed by atoms with Gasteiger partial charge in [-0.3, -0.25) is 4.79 Å². The van der Waals surface area contributed by atoms with Crippen LogP contribution in [0.1, 0.15) is 28.7 Å². The fourth-order valence-corrected chi connectivity index (χ4v) is 1.48. The van der Waals surface area contributed by atoms with Crippen LogP contribution in [0, 0.1) is 13.8 Å². The van der Waals surface area contributed by atoms with Gasteiger partial charge in [-0.15, -0.1) is 0 Å². The first-order chi connectivity index (χ1) is 6.59. The second-order valence-electron chi connectivity index (χ2n) is 3.55. The molecule has 0 atom stereocenters. The van der Waals surface area contributed by atoms with Crippen LogP contribution in [0.15, 0.2) is 12.1 Å². The first-order valence-corrected chi connectivity index (χ1v) is 4.56. The van der Waals surface area contributed by atoms with Crippen LogP contribution >= 0.6 is 0 Å². The molecule has 3 heteroatoms. The number of Topliss-reactive ketones (excluding diaryl/α,β-unsaturated/α-hetero) is 1. The summed E-state index contributed by atoms with van der Waals surface area (Å²) in [5.74, 6) is 0.409. The van der Waals surface area contributed by atoms with Gasteiger partial charge in [0.15, 0.2) is 11.6 Å². The van der Waals surface area contributed by atoms with Crippen molar-refractivity contribution in [3.63, 3.8) is 0 Å². The Bertz CT molecular complexity index is 511. The SMILES string of the molecule is CC(=O)c1nc2c(C)c(C)ccc2[nH]1. The molecule has 0 unspecified atom stereocenters. The molecule has 0 aliphatic heterocycles. The molecule has 0 spiro atoms. The molecule has 14 heavy (non-hydrogen) atoms. The summed E-state index contributed by atoms with van der Waals surface area (Å²) >= 11 is 0. The lowest BCUT2D eigenvalue weighted by Gasteiger charge is -1.98. The van der Waals surface area contributed by atoms with Gasteiger partial charge in [0.05, 0.1) is 11.0 Å². The number of H-pyrrole nitrogens is 1. The Kier molecular flexibility index (Phi) is 1.88. The molecule has 1 heterocycles. The van der Waals surface area contributed by atoms with Crippen LogP contribution in [0.2, 0.25) is 0 Å². The lowest BCUT2D eigenvalue weighted by Crippen LogP contribution is -1.93. The first-order valence-electron chi connectivity index (χ1n) is 4.56. The smallest absolute Gasteiger partial charge is 0.195 e. The largest absolute Gasteiger partial charge is 0.335 e. The van der Waals surface area contributed by atoms with Crippen LogP contribution in [0.3, 0.4) is 0 Å². The molecule has 1 N–H and O–H groups in total. The topological polar surface area (TPSA) is 45.8 Å². The number of fused-ring (bicyclic) bond motifs is 1. The fourth-order valence-electron chi connectivity index (χ4n) is 1.48. The van der Waals surface area contributed by atoms with E-state index in [2.05, 4.69) is 9.97 Å². The van der Waals surface area contributed by atoms with Crippen molar-refractivity contribution in [2.75, 3.05) is 0 Å². The summed E-state index contributed by atoms with van der Waals surface area (Å²) in [6, 6.07) is 3.98. The van der Waals surface area contributed by atoms with Crippen LogP contribution in [0.25, 0.3) is 11.0 Å². The Morgan fingerprint density at radius 3 is 2.71 bits per heavy atom. The number of carbonyl (C=O) groups is 1. The highest BCUT2D eigenvalue weighted by Gasteiger charge is 2.09. The maximum Gasteiger partial charge on any atom is 0.195 e. The Hall–Kier alpha value is -1.64. The number of benzene rings is 1. The highest BCUT2D eigenvalue weighted by atomic mass is 16.1. The third-order valence-corrected chi connectivity index (χ3v) is 2.51. The van der Waals surface area contributed by atoms with Crippen molar-refractivity contribution >= 4 is 16.8 Å². The monoisotopic (exact) mass is 188 g/mol. The van der Waals surface area contributed by atoms with Gasteiger partial charge in [-0.2, -0.15) is 0 Å². The molecule has 2 aromatic rings. The third kappa shape index (κ3) is 1.21. The van der Waals surface area contributed by atoms with Gasteiger partial charge in [-0.1, -0.05) is 6.07 Å². The summed E-state index contributed by atoms with van der Waals surface area (Å²) in [6.07, 6.45) is 0. The van der Waals surface area contributed by atoms with Gasteiger partial charge in [0.2, 0.25) is 0 Å². The van der Waals surface area contributed by atoms with E-state index >= 15 is 0 Å². The van der Waals surface area contributed by atoms with E-state index in [-0.39, 0.29) is 5.78 Å². The van der Waals surface area contributed by atoms with Gasteiger partial charge in [-0.25, -0.2) is 4.98 Å². The van der Waals surface area contributed by atoms with E-state index in [1.54, 1.807) is 0 Å². The minimum atomic E-state index is -0.0294. The van der Waals surface area contributed by atoms with Crippen LogP contribution in [-0.2, 0) is 0 Å². The summed E-state index contributed by atoms with van der Waals surface area (Å²) < 4.78 is 0. The molecule has 1 aromatic heterocycles. The zero-order valence-corrected chi connectivity index (χ0v) is 8.51. The number of imidazole rings is 1. The van der Waals surface area contributed by atoms with Crippen LogP contribution in [0.5, 0.6) is 0 Å². The summed E-state index contributed by atoms with van der Waals surface area (Å²) in [5.41, 5.74) is 4.15. The number of ketones is 1. The zero-order chi connectivity index (χ0) is 10.3. The summed E-state index contributed by atoms with van der Waals surface area (Å²) in [4.78, 5) is 18.4. The molecule has 0 amide bonds. The number of hydrogen-bond acceptors (Lipinski definition) is 2. The van der Waals surface area contributed by atoms with Crippen LogP contribution < -0.4 is 0 Å². The molecular weight excluding hydrogens is 176 g/mol. The van der Waals surface area contributed by atoms with Crippen molar-refractivity contribution in [1.29, 1.82) is 0 Å².